The largest absolute Gasteiger partial charge is 0.340 e. The van der Waals surface area contributed by atoms with Gasteiger partial charge in [-0.25, -0.2) is 4.98 Å². The predicted octanol–water partition coefficient (Wildman–Crippen LogP) is 4.72. The van der Waals surface area contributed by atoms with Gasteiger partial charge in [-0.2, -0.15) is 5.10 Å². The number of nitrogens with zero attached hydrogens (tertiary/aromatic N) is 4. The molecule has 1 unspecified atom stereocenters. The van der Waals surface area contributed by atoms with Gasteiger partial charge in [-0.3, -0.25) is 9.48 Å². The van der Waals surface area contributed by atoms with Gasteiger partial charge in [-0.15, -0.1) is 0 Å². The highest BCUT2D eigenvalue weighted by Gasteiger charge is 2.32. The summed E-state index contributed by atoms with van der Waals surface area (Å²) in [6, 6.07) is 18.4. The molecule has 5 rings (SSSR count). The van der Waals surface area contributed by atoms with Crippen LogP contribution in [0.1, 0.15) is 53.6 Å². The minimum Gasteiger partial charge on any atom is -0.340 e. The second kappa shape index (κ2) is 8.61. The Balaban J connectivity index is 1.28. The number of para-hydroxylation sites is 2. The van der Waals surface area contributed by atoms with Crippen LogP contribution >= 0.6 is 0 Å². The third-order valence-electron chi connectivity index (χ3n) is 6.59. The van der Waals surface area contributed by atoms with E-state index in [0.717, 1.165) is 54.2 Å². The first-order chi connectivity index (χ1) is 15.6. The summed E-state index contributed by atoms with van der Waals surface area (Å²) in [4.78, 5) is 23.4. The molecule has 2 aromatic carbocycles. The van der Waals surface area contributed by atoms with E-state index in [1.165, 1.54) is 11.1 Å². The number of carbonyl (C=O) groups is 1. The molecule has 6 nitrogen and oxygen atoms in total. The van der Waals surface area contributed by atoms with E-state index in [9.17, 15) is 4.79 Å². The lowest BCUT2D eigenvalue weighted by Gasteiger charge is -2.23. The molecule has 1 amide bonds. The molecule has 3 heterocycles. The van der Waals surface area contributed by atoms with Gasteiger partial charge in [-0.05, 0) is 56.4 Å². The molecule has 4 aromatic rings. The highest BCUT2D eigenvalue weighted by molar-refractivity contribution is 5.78. The van der Waals surface area contributed by atoms with Gasteiger partial charge in [0.25, 0.3) is 0 Å². The molecular formula is C26H29N5O. The minimum atomic E-state index is 0.0397. The number of likely N-dealkylation sites (tertiary alicyclic amines) is 1. The third kappa shape index (κ3) is 3.93. The zero-order valence-corrected chi connectivity index (χ0v) is 18.7. The van der Waals surface area contributed by atoms with E-state index in [-0.39, 0.29) is 11.9 Å². The van der Waals surface area contributed by atoms with E-state index >= 15 is 0 Å². The second-order valence-corrected chi connectivity index (χ2v) is 8.68. The van der Waals surface area contributed by atoms with Crippen LogP contribution in [0.15, 0.2) is 54.6 Å². The van der Waals surface area contributed by atoms with Crippen LogP contribution in [0.5, 0.6) is 0 Å². The number of carbonyl (C=O) groups excluding carboxylic acids is 1. The molecule has 1 aliphatic rings. The molecule has 0 saturated carbocycles. The van der Waals surface area contributed by atoms with Gasteiger partial charge in [-0.1, -0.05) is 42.5 Å². The molecule has 32 heavy (non-hydrogen) atoms. The number of rotatable bonds is 6. The van der Waals surface area contributed by atoms with Crippen molar-refractivity contribution < 1.29 is 4.79 Å². The number of hydrogen-bond acceptors (Lipinski definition) is 3. The van der Waals surface area contributed by atoms with Crippen LogP contribution in [0.25, 0.3) is 11.0 Å². The van der Waals surface area contributed by atoms with Gasteiger partial charge in [0.2, 0.25) is 5.91 Å². The van der Waals surface area contributed by atoms with Crippen molar-refractivity contribution in [2.75, 3.05) is 6.54 Å². The molecule has 0 bridgehead atoms. The number of benzene rings is 2. The van der Waals surface area contributed by atoms with Crippen LogP contribution < -0.4 is 0 Å². The second-order valence-electron chi connectivity index (χ2n) is 8.68. The number of imidazole rings is 1. The summed E-state index contributed by atoms with van der Waals surface area (Å²) in [5.41, 5.74) is 6.56. The lowest BCUT2D eigenvalue weighted by Crippen LogP contribution is -2.31. The molecule has 0 aliphatic carbocycles. The smallest absolute Gasteiger partial charge is 0.223 e. The highest BCUT2D eigenvalue weighted by Crippen LogP contribution is 2.32. The molecule has 0 radical (unpaired) electrons. The summed E-state index contributed by atoms with van der Waals surface area (Å²) in [6.07, 6.45) is 3.18. The van der Waals surface area contributed by atoms with Crippen LogP contribution in [0, 0.1) is 13.8 Å². The summed E-state index contributed by atoms with van der Waals surface area (Å²) in [6.45, 7) is 5.70. The Hall–Kier alpha value is -3.41. The van der Waals surface area contributed by atoms with Crippen molar-refractivity contribution in [2.45, 2.75) is 52.1 Å². The zero-order valence-electron chi connectivity index (χ0n) is 18.7. The Bertz CT molecular complexity index is 1210. The maximum absolute atomic E-state index is 13.2. The average molecular weight is 428 g/mol. The van der Waals surface area contributed by atoms with Crippen LogP contribution in [0.4, 0.5) is 0 Å². The van der Waals surface area contributed by atoms with Crippen molar-refractivity contribution >= 4 is 16.9 Å². The summed E-state index contributed by atoms with van der Waals surface area (Å²) in [7, 11) is 0. The SMILES string of the molecule is Cc1nn(Cc2ccccc2)c(C)c1CCC(=O)N1CCCC1c1nc2ccccc2[nH]1. The van der Waals surface area contributed by atoms with Crippen LogP contribution in [0.2, 0.25) is 0 Å². The van der Waals surface area contributed by atoms with Crippen molar-refractivity contribution in [3.63, 3.8) is 0 Å². The number of aryl methyl sites for hydroxylation is 1. The highest BCUT2D eigenvalue weighted by atomic mass is 16.2. The number of hydrogen-bond donors (Lipinski definition) is 1. The lowest BCUT2D eigenvalue weighted by molar-refractivity contribution is -0.132. The Labute approximate surface area is 188 Å². The predicted molar refractivity (Wildman–Crippen MR) is 125 cm³/mol. The van der Waals surface area contributed by atoms with E-state index in [1.807, 2.05) is 42.2 Å². The minimum absolute atomic E-state index is 0.0397. The lowest BCUT2D eigenvalue weighted by atomic mass is 10.1. The van der Waals surface area contributed by atoms with Gasteiger partial charge < -0.3 is 9.88 Å². The summed E-state index contributed by atoms with van der Waals surface area (Å²) < 4.78 is 2.05. The number of aromatic nitrogens is 4. The first-order valence-electron chi connectivity index (χ1n) is 11.4. The van der Waals surface area contributed by atoms with Crippen molar-refractivity contribution in [3.8, 4) is 0 Å². The van der Waals surface area contributed by atoms with Crippen LogP contribution in [0.3, 0.4) is 0 Å². The number of fused-ring (bicyclic) bond motifs is 1. The molecule has 164 valence electrons. The Kier molecular flexibility index (Phi) is 5.52. The Morgan fingerprint density at radius 2 is 1.88 bits per heavy atom. The number of aromatic amines is 1. The maximum Gasteiger partial charge on any atom is 0.223 e. The molecule has 1 fully saturated rings. The van der Waals surface area contributed by atoms with Gasteiger partial charge in [0.15, 0.2) is 0 Å². The van der Waals surface area contributed by atoms with E-state index in [1.54, 1.807) is 0 Å². The quantitative estimate of drug-likeness (QED) is 0.484. The molecule has 1 N–H and O–H groups in total. The Morgan fingerprint density at radius 3 is 2.69 bits per heavy atom. The molecular weight excluding hydrogens is 398 g/mol. The normalized spacial score (nSPS) is 16.2. The Morgan fingerprint density at radius 1 is 1.09 bits per heavy atom. The van der Waals surface area contributed by atoms with E-state index in [4.69, 9.17) is 10.1 Å². The first-order valence-corrected chi connectivity index (χ1v) is 11.4. The van der Waals surface area contributed by atoms with Gasteiger partial charge in [0, 0.05) is 18.7 Å². The monoisotopic (exact) mass is 427 g/mol. The van der Waals surface area contributed by atoms with E-state index < -0.39 is 0 Å². The fourth-order valence-corrected chi connectivity index (χ4v) is 4.86. The van der Waals surface area contributed by atoms with E-state index in [0.29, 0.717) is 12.8 Å². The van der Waals surface area contributed by atoms with Crippen molar-refractivity contribution in [1.82, 2.24) is 24.6 Å². The van der Waals surface area contributed by atoms with Crippen molar-refractivity contribution in [2.24, 2.45) is 0 Å². The zero-order chi connectivity index (χ0) is 22.1. The first kappa shape index (κ1) is 20.5. The fraction of sp³-hybridized carbons (Fsp3) is 0.346. The third-order valence-corrected chi connectivity index (χ3v) is 6.59. The summed E-state index contributed by atoms with van der Waals surface area (Å²) in [5, 5.41) is 4.74. The molecule has 1 atom stereocenters. The van der Waals surface area contributed by atoms with Gasteiger partial charge >= 0.3 is 0 Å². The summed E-state index contributed by atoms with van der Waals surface area (Å²) >= 11 is 0. The molecule has 1 saturated heterocycles. The van der Waals surface area contributed by atoms with Gasteiger partial charge in [0.05, 0.1) is 29.3 Å². The standard InChI is InChI=1S/C26H29N5O/c1-18-21(19(2)31(29-18)17-20-9-4-3-5-10-20)14-15-25(32)30-16-8-13-24(30)26-27-22-11-6-7-12-23(22)28-26/h3-7,9-12,24H,8,13-17H2,1-2H3,(H,27,28). The van der Waals surface area contributed by atoms with Crippen molar-refractivity contribution in [3.05, 3.63) is 82.9 Å². The fourth-order valence-electron chi connectivity index (χ4n) is 4.86. The number of H-pyrrole nitrogens is 1. The van der Waals surface area contributed by atoms with Crippen LogP contribution in [-0.4, -0.2) is 37.1 Å². The molecule has 2 aromatic heterocycles. The topological polar surface area (TPSA) is 66.8 Å². The van der Waals surface area contributed by atoms with E-state index in [2.05, 4.69) is 40.9 Å². The molecule has 6 heteroatoms. The number of nitrogens with one attached hydrogen (secondary N) is 1. The van der Waals surface area contributed by atoms with Crippen molar-refractivity contribution in [1.29, 1.82) is 0 Å². The maximum atomic E-state index is 13.2. The molecule has 0 spiro atoms. The van der Waals surface area contributed by atoms with Gasteiger partial charge in [0.1, 0.15) is 5.82 Å². The number of amides is 1. The van der Waals surface area contributed by atoms with Crippen LogP contribution in [-0.2, 0) is 17.8 Å². The summed E-state index contributed by atoms with van der Waals surface area (Å²) in [5.74, 6) is 1.10. The average Bonchev–Trinajstić information content (AvgIpc) is 3.51. The molecule has 1 aliphatic heterocycles.